The summed E-state index contributed by atoms with van der Waals surface area (Å²) in [5.41, 5.74) is 0. The van der Waals surface area contributed by atoms with Gasteiger partial charge in [-0.2, -0.15) is 0 Å². The summed E-state index contributed by atoms with van der Waals surface area (Å²) in [5.74, 6) is 1.31. The second-order valence-electron chi connectivity index (χ2n) is 2.97. The smallest absolute Gasteiger partial charge is 0.0116 e. The Morgan fingerprint density at radius 1 is 1.23 bits per heavy atom. The highest BCUT2D eigenvalue weighted by Gasteiger charge is 2.06. The van der Waals surface area contributed by atoms with Gasteiger partial charge >= 0.3 is 0 Å². The average molecular weight is 208 g/mol. The van der Waals surface area contributed by atoms with Gasteiger partial charge in [0.15, 0.2) is 0 Å². The van der Waals surface area contributed by atoms with E-state index in [0.29, 0.717) is 0 Å². The van der Waals surface area contributed by atoms with Crippen molar-refractivity contribution in [2.45, 2.75) is 17.7 Å². The fourth-order valence-corrected chi connectivity index (χ4v) is 3.20. The van der Waals surface area contributed by atoms with Crippen molar-refractivity contribution >= 4 is 23.5 Å². The summed E-state index contributed by atoms with van der Waals surface area (Å²) in [6.45, 7) is 0. The highest BCUT2D eigenvalue weighted by molar-refractivity contribution is 8.06. The van der Waals surface area contributed by atoms with Crippen molar-refractivity contribution in [3.63, 3.8) is 0 Å². The van der Waals surface area contributed by atoms with Crippen LogP contribution < -0.4 is 0 Å². The van der Waals surface area contributed by atoms with E-state index in [-0.39, 0.29) is 0 Å². The van der Waals surface area contributed by atoms with Crippen LogP contribution in [0.25, 0.3) is 0 Å². The lowest BCUT2D eigenvalue weighted by Crippen LogP contribution is -1.67. The molecule has 0 aliphatic carbocycles. The van der Waals surface area contributed by atoms with Gasteiger partial charge in [0.25, 0.3) is 0 Å². The first-order valence-electron chi connectivity index (χ1n) is 4.49. The van der Waals surface area contributed by atoms with Gasteiger partial charge in [-0.25, -0.2) is 0 Å². The molecule has 1 aliphatic heterocycles. The topological polar surface area (TPSA) is 0 Å². The molecule has 1 aromatic rings. The van der Waals surface area contributed by atoms with Gasteiger partial charge < -0.3 is 0 Å². The van der Waals surface area contributed by atoms with Crippen LogP contribution in [-0.2, 0) is 0 Å². The van der Waals surface area contributed by atoms with E-state index in [0.717, 1.165) is 0 Å². The van der Waals surface area contributed by atoms with Gasteiger partial charge in [-0.15, -0.1) is 11.8 Å². The lowest BCUT2D eigenvalue weighted by atomic mass is 10.3. The number of thioether (sulfide) groups is 2. The third kappa shape index (κ3) is 2.82. The molecule has 1 aliphatic rings. The van der Waals surface area contributed by atoms with Crippen molar-refractivity contribution in [2.75, 3.05) is 5.75 Å². The highest BCUT2D eigenvalue weighted by atomic mass is 32.2. The molecule has 0 saturated carbocycles. The summed E-state index contributed by atoms with van der Waals surface area (Å²) in [7, 11) is 0. The summed E-state index contributed by atoms with van der Waals surface area (Å²) in [5, 5.41) is 2.30. The normalized spacial score (nSPS) is 19.5. The van der Waals surface area contributed by atoms with Crippen LogP contribution in [0.1, 0.15) is 12.8 Å². The third-order valence-electron chi connectivity index (χ3n) is 1.92. The van der Waals surface area contributed by atoms with E-state index < -0.39 is 0 Å². The summed E-state index contributed by atoms with van der Waals surface area (Å²) < 4.78 is 0. The Bertz CT molecular complexity index is 282. The summed E-state index contributed by atoms with van der Waals surface area (Å²) in [6, 6.07) is 10.5. The Hall–Kier alpha value is -0.340. The lowest BCUT2D eigenvalue weighted by Gasteiger charge is -1.96. The predicted octanol–water partition coefficient (Wildman–Crippen LogP) is 4.15. The van der Waals surface area contributed by atoms with Gasteiger partial charge in [0.2, 0.25) is 0 Å². The predicted molar refractivity (Wildman–Crippen MR) is 62.1 cm³/mol. The maximum absolute atomic E-state index is 2.30. The molecule has 2 rings (SSSR count). The van der Waals surface area contributed by atoms with Crippen LogP contribution in [-0.4, -0.2) is 5.75 Å². The lowest BCUT2D eigenvalue weighted by molar-refractivity contribution is 0.997. The molecule has 1 heterocycles. The Balaban J connectivity index is 1.95. The average Bonchev–Trinajstić information content (AvgIpc) is 2.69. The van der Waals surface area contributed by atoms with Crippen LogP contribution in [0.15, 0.2) is 45.5 Å². The summed E-state index contributed by atoms with van der Waals surface area (Å²) >= 11 is 3.84. The zero-order valence-electron chi connectivity index (χ0n) is 7.40. The standard InChI is InChI=1S/C11H12S2/c1-2-5-10(6-3-1)13-9-11-7-4-8-12-11/h1-3,5-6,9H,4,7-8H2/b11-9+. The molecule has 0 bridgehead atoms. The molecule has 0 nitrogen and oxygen atoms in total. The minimum absolute atomic E-state index is 1.28. The quantitative estimate of drug-likeness (QED) is 0.670. The van der Waals surface area contributed by atoms with E-state index in [9.17, 15) is 0 Å². The van der Waals surface area contributed by atoms with Crippen LogP contribution >= 0.6 is 23.5 Å². The number of benzene rings is 1. The second-order valence-corrected chi connectivity index (χ2v) is 5.13. The molecule has 0 radical (unpaired) electrons. The maximum Gasteiger partial charge on any atom is 0.0116 e. The monoisotopic (exact) mass is 208 g/mol. The Kier molecular flexibility index (Phi) is 3.39. The first-order valence-corrected chi connectivity index (χ1v) is 6.35. The minimum Gasteiger partial charge on any atom is -0.130 e. The van der Waals surface area contributed by atoms with Gasteiger partial charge in [0, 0.05) is 4.90 Å². The molecule has 0 aromatic heterocycles. The van der Waals surface area contributed by atoms with Gasteiger partial charge in [0.05, 0.1) is 0 Å². The van der Waals surface area contributed by atoms with Crippen molar-refractivity contribution in [2.24, 2.45) is 0 Å². The number of rotatable bonds is 2. The van der Waals surface area contributed by atoms with Crippen molar-refractivity contribution < 1.29 is 0 Å². The largest absolute Gasteiger partial charge is 0.130 e. The van der Waals surface area contributed by atoms with Gasteiger partial charge in [-0.05, 0) is 41.0 Å². The first kappa shape index (κ1) is 9.22. The van der Waals surface area contributed by atoms with E-state index in [1.807, 2.05) is 23.5 Å². The van der Waals surface area contributed by atoms with Crippen molar-refractivity contribution in [1.29, 1.82) is 0 Å². The molecule has 1 aromatic carbocycles. The SMILES string of the molecule is C(/Sc1ccccc1)=C1/CCCS1. The molecule has 0 amide bonds. The van der Waals surface area contributed by atoms with Gasteiger partial charge in [0.1, 0.15) is 0 Å². The molecule has 68 valence electrons. The molecule has 1 saturated heterocycles. The molecular weight excluding hydrogens is 196 g/mol. The van der Waals surface area contributed by atoms with E-state index in [4.69, 9.17) is 0 Å². The zero-order valence-corrected chi connectivity index (χ0v) is 9.03. The van der Waals surface area contributed by atoms with Crippen molar-refractivity contribution in [3.05, 3.63) is 40.6 Å². The van der Waals surface area contributed by atoms with E-state index in [1.54, 1.807) is 4.91 Å². The molecular formula is C11H12S2. The fourth-order valence-electron chi connectivity index (χ4n) is 1.25. The number of allylic oxidation sites excluding steroid dienone is 1. The molecule has 13 heavy (non-hydrogen) atoms. The number of hydrogen-bond donors (Lipinski definition) is 0. The summed E-state index contributed by atoms with van der Waals surface area (Å²) in [4.78, 5) is 2.89. The molecule has 0 unspecified atom stereocenters. The van der Waals surface area contributed by atoms with Crippen molar-refractivity contribution in [1.82, 2.24) is 0 Å². The third-order valence-corrected chi connectivity index (χ3v) is 4.21. The number of hydrogen-bond acceptors (Lipinski definition) is 2. The Labute approximate surface area is 87.8 Å². The van der Waals surface area contributed by atoms with Gasteiger partial charge in [-0.1, -0.05) is 30.0 Å². The molecule has 0 N–H and O–H groups in total. The van der Waals surface area contributed by atoms with E-state index in [1.165, 1.54) is 23.5 Å². The van der Waals surface area contributed by atoms with Crippen LogP contribution in [0, 0.1) is 0 Å². The molecule has 0 spiro atoms. The Morgan fingerprint density at radius 3 is 2.77 bits per heavy atom. The second kappa shape index (κ2) is 4.77. The molecule has 1 fully saturated rings. The van der Waals surface area contributed by atoms with E-state index >= 15 is 0 Å². The zero-order chi connectivity index (χ0) is 8.93. The maximum atomic E-state index is 2.30. The minimum atomic E-state index is 1.28. The van der Waals surface area contributed by atoms with Crippen LogP contribution in [0.3, 0.4) is 0 Å². The fraction of sp³-hybridized carbons (Fsp3) is 0.273. The summed E-state index contributed by atoms with van der Waals surface area (Å²) in [6.07, 6.45) is 2.64. The van der Waals surface area contributed by atoms with E-state index in [2.05, 4.69) is 35.7 Å². The van der Waals surface area contributed by atoms with Gasteiger partial charge in [-0.3, -0.25) is 0 Å². The van der Waals surface area contributed by atoms with Crippen LogP contribution in [0.2, 0.25) is 0 Å². The van der Waals surface area contributed by atoms with Crippen LogP contribution in [0.4, 0.5) is 0 Å². The van der Waals surface area contributed by atoms with Crippen LogP contribution in [0.5, 0.6) is 0 Å². The molecule has 2 heteroatoms. The Morgan fingerprint density at radius 2 is 2.08 bits per heavy atom. The van der Waals surface area contributed by atoms with Crippen molar-refractivity contribution in [3.8, 4) is 0 Å². The molecule has 0 atom stereocenters. The first-order chi connectivity index (χ1) is 6.45. The highest BCUT2D eigenvalue weighted by Crippen LogP contribution is 2.33.